The number of alkyl halides is 6. The zero-order valence-corrected chi connectivity index (χ0v) is 19.0. The first kappa shape index (κ1) is 25.8. The fourth-order valence-corrected chi connectivity index (χ4v) is 4.09. The quantitative estimate of drug-likeness (QED) is 0.258. The number of hydrogen-bond acceptors (Lipinski definition) is 3. The molecule has 1 aliphatic rings. The summed E-state index contributed by atoms with van der Waals surface area (Å²) in [4.78, 5) is 2.17. The van der Waals surface area contributed by atoms with Crippen LogP contribution >= 0.6 is 0 Å². The topological polar surface area (TPSA) is 21.7 Å². The molecule has 3 nitrogen and oxygen atoms in total. The summed E-state index contributed by atoms with van der Waals surface area (Å²) in [5.74, 6) is 0. The van der Waals surface area contributed by atoms with Crippen molar-refractivity contribution in [3.05, 3.63) is 113 Å². The van der Waals surface area contributed by atoms with E-state index in [-0.39, 0.29) is 17.7 Å². The molecule has 0 unspecified atom stereocenters. The second kappa shape index (κ2) is 10.8. The predicted octanol–water partition coefficient (Wildman–Crippen LogP) is 7.31. The molecule has 1 heterocycles. The molecule has 36 heavy (non-hydrogen) atoms. The highest BCUT2D eigenvalue weighted by Gasteiger charge is 2.37. The Morgan fingerprint density at radius 3 is 2.00 bits per heavy atom. The summed E-state index contributed by atoms with van der Waals surface area (Å²) in [6.45, 7) is 1.56. The molecule has 1 aliphatic heterocycles. The monoisotopic (exact) mass is 507 g/mol. The van der Waals surface area contributed by atoms with E-state index in [1.165, 1.54) is 0 Å². The largest absolute Gasteiger partial charge is 0.470 e. The maximum absolute atomic E-state index is 13.2. The molecule has 0 amide bonds. The molecule has 190 valence electrons. The fourth-order valence-electron chi connectivity index (χ4n) is 4.09. The second-order valence-electron chi connectivity index (χ2n) is 8.33. The molecule has 4 rings (SSSR count). The highest BCUT2D eigenvalue weighted by molar-refractivity contribution is 5.52. The molecule has 3 aromatic carbocycles. The van der Waals surface area contributed by atoms with Crippen LogP contribution < -0.4 is 0 Å². The summed E-state index contributed by atoms with van der Waals surface area (Å²) in [5, 5.41) is 0. The zero-order chi connectivity index (χ0) is 25.8. The first-order chi connectivity index (χ1) is 17.1. The lowest BCUT2D eigenvalue weighted by atomic mass is 10.0. The van der Waals surface area contributed by atoms with E-state index in [1.807, 2.05) is 60.7 Å². The van der Waals surface area contributed by atoms with E-state index in [9.17, 15) is 26.3 Å². The summed E-state index contributed by atoms with van der Waals surface area (Å²) in [7, 11) is 0. The van der Waals surface area contributed by atoms with Gasteiger partial charge in [-0.3, -0.25) is 4.90 Å². The molecular formula is C27H23F6NO2. The van der Waals surface area contributed by atoms with Gasteiger partial charge < -0.3 is 9.47 Å². The van der Waals surface area contributed by atoms with Crippen LogP contribution in [-0.2, 0) is 28.4 Å². The van der Waals surface area contributed by atoms with Crippen LogP contribution in [0.5, 0.6) is 0 Å². The molecule has 9 heteroatoms. The third kappa shape index (κ3) is 6.47. The Morgan fingerprint density at radius 1 is 0.833 bits per heavy atom. The van der Waals surface area contributed by atoms with Crippen molar-refractivity contribution in [1.82, 2.24) is 4.90 Å². The number of morpholine rings is 1. The van der Waals surface area contributed by atoms with Crippen molar-refractivity contribution in [2.75, 3.05) is 13.2 Å². The Hall–Kier alpha value is -3.30. The lowest BCUT2D eigenvalue weighted by Gasteiger charge is -2.40. The van der Waals surface area contributed by atoms with E-state index in [1.54, 1.807) is 0 Å². The van der Waals surface area contributed by atoms with Crippen molar-refractivity contribution in [2.45, 2.75) is 31.2 Å². The number of rotatable bonds is 6. The Morgan fingerprint density at radius 2 is 1.42 bits per heavy atom. The lowest BCUT2D eigenvalue weighted by molar-refractivity contribution is -0.187. The summed E-state index contributed by atoms with van der Waals surface area (Å²) in [5.41, 5.74) is -1.07. The van der Waals surface area contributed by atoms with E-state index in [4.69, 9.17) is 9.47 Å². The van der Waals surface area contributed by atoms with E-state index >= 15 is 0 Å². The molecule has 2 atom stereocenters. The Balaban J connectivity index is 1.58. The van der Waals surface area contributed by atoms with Crippen LogP contribution in [0.2, 0.25) is 0 Å². The van der Waals surface area contributed by atoms with Gasteiger partial charge in [-0.1, -0.05) is 60.7 Å². The summed E-state index contributed by atoms with van der Waals surface area (Å²) < 4.78 is 90.6. The second-order valence-corrected chi connectivity index (χ2v) is 8.33. The van der Waals surface area contributed by atoms with Crippen LogP contribution in [0, 0.1) is 0 Å². The average Bonchev–Trinajstić information content (AvgIpc) is 2.84. The van der Waals surface area contributed by atoms with Crippen LogP contribution in [0.25, 0.3) is 6.08 Å². The Kier molecular flexibility index (Phi) is 7.70. The van der Waals surface area contributed by atoms with Gasteiger partial charge in [0, 0.05) is 13.1 Å². The maximum Gasteiger partial charge on any atom is 0.416 e. The van der Waals surface area contributed by atoms with Crippen LogP contribution in [0.4, 0.5) is 26.3 Å². The Labute approximate surface area is 204 Å². The van der Waals surface area contributed by atoms with Gasteiger partial charge in [0.1, 0.15) is 0 Å². The number of ether oxygens (including phenoxy) is 2. The molecular weight excluding hydrogens is 484 g/mol. The van der Waals surface area contributed by atoms with Crippen LogP contribution in [0.1, 0.15) is 33.9 Å². The Bertz CT molecular complexity index is 1130. The molecule has 0 spiro atoms. The average molecular weight is 507 g/mol. The number of nitrogens with zero attached hydrogens (tertiary/aromatic N) is 1. The minimum atomic E-state index is -4.92. The van der Waals surface area contributed by atoms with Gasteiger partial charge in [0.15, 0.2) is 0 Å². The van der Waals surface area contributed by atoms with Crippen molar-refractivity contribution < 1.29 is 35.8 Å². The molecule has 0 N–H and O–H groups in total. The first-order valence-corrected chi connectivity index (χ1v) is 11.2. The molecule has 0 radical (unpaired) electrons. The van der Waals surface area contributed by atoms with Crippen molar-refractivity contribution in [3.63, 3.8) is 0 Å². The standard InChI is InChI=1S/C27H23F6NO2/c28-26(29,30)22-15-20(16-23(17-22)27(31,32)33)11-13-35-25-24(21-9-5-2-6-10-21)34(12-14-36-25)18-19-7-3-1-4-8-19/h1-11,13,15-17,24-25H,12,14,18H2/t24-,25-/m0/s1. The molecule has 1 saturated heterocycles. The van der Waals surface area contributed by atoms with Crippen LogP contribution in [-0.4, -0.2) is 24.3 Å². The van der Waals surface area contributed by atoms with Gasteiger partial charge in [-0.05, 0) is 41.0 Å². The number of halogens is 6. The normalized spacial score (nSPS) is 19.5. The van der Waals surface area contributed by atoms with Crippen LogP contribution in [0.15, 0.2) is 85.1 Å². The fraction of sp³-hybridized carbons (Fsp3) is 0.259. The maximum atomic E-state index is 13.2. The zero-order valence-electron chi connectivity index (χ0n) is 19.0. The highest BCUT2D eigenvalue weighted by Crippen LogP contribution is 2.37. The summed E-state index contributed by atoms with van der Waals surface area (Å²) >= 11 is 0. The molecule has 0 bridgehead atoms. The van der Waals surface area contributed by atoms with Gasteiger partial charge >= 0.3 is 12.4 Å². The molecule has 0 aliphatic carbocycles. The van der Waals surface area contributed by atoms with E-state index in [0.29, 0.717) is 31.8 Å². The van der Waals surface area contributed by atoms with Crippen molar-refractivity contribution in [1.29, 1.82) is 0 Å². The third-order valence-electron chi connectivity index (χ3n) is 5.76. The van der Waals surface area contributed by atoms with E-state index in [0.717, 1.165) is 23.5 Å². The van der Waals surface area contributed by atoms with Crippen LogP contribution in [0.3, 0.4) is 0 Å². The van der Waals surface area contributed by atoms with Gasteiger partial charge in [-0.2, -0.15) is 26.3 Å². The summed E-state index contributed by atoms with van der Waals surface area (Å²) in [6, 6.07) is 20.3. The van der Waals surface area contributed by atoms with E-state index in [2.05, 4.69) is 4.90 Å². The molecule has 0 saturated carbocycles. The third-order valence-corrected chi connectivity index (χ3v) is 5.76. The lowest BCUT2D eigenvalue weighted by Crippen LogP contribution is -2.45. The first-order valence-electron chi connectivity index (χ1n) is 11.2. The molecule has 0 aromatic heterocycles. The highest BCUT2D eigenvalue weighted by atomic mass is 19.4. The van der Waals surface area contributed by atoms with Gasteiger partial charge in [0.25, 0.3) is 0 Å². The van der Waals surface area contributed by atoms with Crippen molar-refractivity contribution in [2.24, 2.45) is 0 Å². The summed E-state index contributed by atoms with van der Waals surface area (Å²) in [6.07, 6.45) is -8.51. The van der Waals surface area contributed by atoms with E-state index < -0.39 is 29.8 Å². The van der Waals surface area contributed by atoms with Gasteiger partial charge in [-0.25, -0.2) is 0 Å². The molecule has 3 aromatic rings. The minimum absolute atomic E-state index is 0.0926. The number of benzene rings is 3. The minimum Gasteiger partial charge on any atom is -0.470 e. The SMILES string of the molecule is FC(F)(F)c1cc(C=CO[C@H]2OCCN(Cc3ccccc3)[C@H]2c2ccccc2)cc(C(F)(F)F)c1. The number of hydrogen-bond donors (Lipinski definition) is 0. The van der Waals surface area contributed by atoms with Gasteiger partial charge in [-0.15, -0.1) is 0 Å². The van der Waals surface area contributed by atoms with Gasteiger partial charge in [0.05, 0.1) is 30.0 Å². The predicted molar refractivity (Wildman–Crippen MR) is 122 cm³/mol. The van der Waals surface area contributed by atoms with Gasteiger partial charge in [0.2, 0.25) is 6.29 Å². The molecule has 1 fully saturated rings. The van der Waals surface area contributed by atoms with Crippen molar-refractivity contribution >= 4 is 6.08 Å². The smallest absolute Gasteiger partial charge is 0.416 e. The van der Waals surface area contributed by atoms with Crippen molar-refractivity contribution in [3.8, 4) is 0 Å².